The molecule has 1 aromatic carbocycles. The topological polar surface area (TPSA) is 38.3 Å². The van der Waals surface area contributed by atoms with E-state index in [-0.39, 0.29) is 11.9 Å². The third kappa shape index (κ3) is 4.08. The number of carbonyl (C=O) groups excluding carboxylic acids is 1. The number of hydrogen-bond donors (Lipinski definition) is 1. The second kappa shape index (κ2) is 7.27. The minimum Gasteiger partial charge on any atom is -0.496 e. The standard InChI is InChI=1S/C17H21NO2S/c1-4-15(13-7-8-16(20-3)12(2)10-13)18-17(19)11-14-6-5-9-21-14/h5-10,15H,4,11H2,1-3H3,(H,18,19)/t15-/m0/s1. The van der Waals surface area contributed by atoms with Crippen LogP contribution in [0.2, 0.25) is 0 Å². The Morgan fingerprint density at radius 1 is 1.38 bits per heavy atom. The molecule has 0 aliphatic carbocycles. The molecule has 0 unspecified atom stereocenters. The lowest BCUT2D eigenvalue weighted by Crippen LogP contribution is -2.29. The first kappa shape index (κ1) is 15.6. The van der Waals surface area contributed by atoms with E-state index >= 15 is 0 Å². The predicted octanol–water partition coefficient (Wildman–Crippen LogP) is 3.88. The molecular formula is C17H21NO2S. The summed E-state index contributed by atoms with van der Waals surface area (Å²) < 4.78 is 5.28. The molecule has 1 atom stereocenters. The summed E-state index contributed by atoms with van der Waals surface area (Å²) in [4.78, 5) is 13.2. The molecule has 0 fully saturated rings. The molecule has 112 valence electrons. The molecule has 1 heterocycles. The van der Waals surface area contributed by atoms with Gasteiger partial charge in [0, 0.05) is 4.88 Å². The number of hydrogen-bond acceptors (Lipinski definition) is 3. The normalized spacial score (nSPS) is 12.0. The second-order valence-corrected chi connectivity index (χ2v) is 6.05. The number of benzene rings is 1. The Kier molecular flexibility index (Phi) is 5.39. The van der Waals surface area contributed by atoms with E-state index in [1.807, 2.05) is 36.6 Å². The van der Waals surface area contributed by atoms with Gasteiger partial charge in [0.2, 0.25) is 5.91 Å². The number of aryl methyl sites for hydroxylation is 1. The van der Waals surface area contributed by atoms with E-state index in [1.165, 1.54) is 0 Å². The highest BCUT2D eigenvalue weighted by Gasteiger charge is 2.14. The van der Waals surface area contributed by atoms with Crippen molar-refractivity contribution >= 4 is 17.2 Å². The summed E-state index contributed by atoms with van der Waals surface area (Å²) in [6.45, 7) is 4.10. The van der Waals surface area contributed by atoms with Crippen LogP contribution in [-0.4, -0.2) is 13.0 Å². The number of rotatable bonds is 6. The maximum atomic E-state index is 12.1. The highest BCUT2D eigenvalue weighted by atomic mass is 32.1. The van der Waals surface area contributed by atoms with Crippen molar-refractivity contribution in [3.8, 4) is 5.75 Å². The molecule has 0 radical (unpaired) electrons. The quantitative estimate of drug-likeness (QED) is 0.879. The van der Waals surface area contributed by atoms with Gasteiger partial charge in [0.25, 0.3) is 0 Å². The van der Waals surface area contributed by atoms with Gasteiger partial charge in [-0.3, -0.25) is 4.79 Å². The Morgan fingerprint density at radius 2 is 2.19 bits per heavy atom. The van der Waals surface area contributed by atoms with Gasteiger partial charge >= 0.3 is 0 Å². The van der Waals surface area contributed by atoms with Crippen LogP contribution in [0.25, 0.3) is 0 Å². The molecular weight excluding hydrogens is 282 g/mol. The minimum atomic E-state index is 0.0436. The monoisotopic (exact) mass is 303 g/mol. The first-order valence-electron chi connectivity index (χ1n) is 7.10. The van der Waals surface area contributed by atoms with E-state index in [1.54, 1.807) is 18.4 Å². The zero-order valence-electron chi connectivity index (χ0n) is 12.7. The van der Waals surface area contributed by atoms with Crippen molar-refractivity contribution < 1.29 is 9.53 Å². The van der Waals surface area contributed by atoms with Gasteiger partial charge in [-0.1, -0.05) is 25.1 Å². The summed E-state index contributed by atoms with van der Waals surface area (Å²) in [7, 11) is 1.67. The largest absolute Gasteiger partial charge is 0.496 e. The first-order valence-corrected chi connectivity index (χ1v) is 7.98. The Balaban J connectivity index is 2.05. The van der Waals surface area contributed by atoms with Gasteiger partial charge in [0.05, 0.1) is 19.6 Å². The fourth-order valence-corrected chi connectivity index (χ4v) is 3.06. The Morgan fingerprint density at radius 3 is 2.76 bits per heavy atom. The van der Waals surface area contributed by atoms with Gasteiger partial charge < -0.3 is 10.1 Å². The molecule has 0 saturated heterocycles. The van der Waals surface area contributed by atoms with Crippen molar-refractivity contribution in [2.75, 3.05) is 7.11 Å². The SMILES string of the molecule is CC[C@H](NC(=O)Cc1cccs1)c1ccc(OC)c(C)c1. The van der Waals surface area contributed by atoms with Crippen molar-refractivity contribution in [2.45, 2.75) is 32.7 Å². The summed E-state index contributed by atoms with van der Waals surface area (Å²) >= 11 is 1.61. The van der Waals surface area contributed by atoms with E-state index in [0.717, 1.165) is 28.2 Å². The van der Waals surface area contributed by atoms with Crippen LogP contribution in [0, 0.1) is 6.92 Å². The molecule has 3 nitrogen and oxygen atoms in total. The third-order valence-corrected chi connectivity index (χ3v) is 4.36. The number of nitrogens with one attached hydrogen (secondary N) is 1. The zero-order valence-corrected chi connectivity index (χ0v) is 13.5. The Labute approximate surface area is 130 Å². The fourth-order valence-electron chi connectivity index (χ4n) is 2.36. The number of thiophene rings is 1. The zero-order chi connectivity index (χ0) is 15.2. The molecule has 1 N–H and O–H groups in total. The van der Waals surface area contributed by atoms with Crippen LogP contribution < -0.4 is 10.1 Å². The van der Waals surface area contributed by atoms with Crippen LogP contribution in [0.4, 0.5) is 0 Å². The van der Waals surface area contributed by atoms with E-state index in [9.17, 15) is 4.79 Å². The molecule has 1 aromatic heterocycles. The van der Waals surface area contributed by atoms with Crippen molar-refractivity contribution in [1.82, 2.24) is 5.32 Å². The number of carbonyl (C=O) groups is 1. The Bertz CT molecular complexity index is 593. The average Bonchev–Trinajstić information content (AvgIpc) is 2.97. The van der Waals surface area contributed by atoms with Crippen LogP contribution in [-0.2, 0) is 11.2 Å². The summed E-state index contributed by atoms with van der Waals surface area (Å²) in [5.74, 6) is 0.941. The van der Waals surface area contributed by atoms with Gasteiger partial charge in [-0.15, -0.1) is 11.3 Å². The smallest absolute Gasteiger partial charge is 0.225 e. The van der Waals surface area contributed by atoms with Crippen LogP contribution >= 0.6 is 11.3 Å². The average molecular weight is 303 g/mol. The molecule has 1 amide bonds. The van der Waals surface area contributed by atoms with Crippen LogP contribution in [0.3, 0.4) is 0 Å². The van der Waals surface area contributed by atoms with Crippen LogP contribution in [0.1, 0.15) is 35.4 Å². The van der Waals surface area contributed by atoms with E-state index in [2.05, 4.69) is 18.3 Å². The molecule has 0 aliphatic heterocycles. The highest BCUT2D eigenvalue weighted by Crippen LogP contribution is 2.24. The molecule has 0 spiro atoms. The molecule has 0 aliphatic rings. The molecule has 4 heteroatoms. The summed E-state index contributed by atoms with van der Waals surface area (Å²) in [6, 6.07) is 10.1. The van der Waals surface area contributed by atoms with Gasteiger partial charge in [-0.25, -0.2) is 0 Å². The number of ether oxygens (including phenoxy) is 1. The molecule has 2 aromatic rings. The van der Waals surface area contributed by atoms with E-state index in [0.29, 0.717) is 6.42 Å². The van der Waals surface area contributed by atoms with Crippen molar-refractivity contribution in [3.05, 3.63) is 51.7 Å². The minimum absolute atomic E-state index is 0.0436. The van der Waals surface area contributed by atoms with Crippen molar-refractivity contribution in [2.24, 2.45) is 0 Å². The lowest BCUT2D eigenvalue weighted by atomic mass is 10.0. The summed E-state index contributed by atoms with van der Waals surface area (Å²) in [6.07, 6.45) is 1.31. The third-order valence-electron chi connectivity index (χ3n) is 3.48. The number of amides is 1. The molecule has 0 bridgehead atoms. The van der Waals surface area contributed by atoms with Gasteiger partial charge in [-0.2, -0.15) is 0 Å². The maximum Gasteiger partial charge on any atom is 0.225 e. The van der Waals surface area contributed by atoms with Gasteiger partial charge in [-0.05, 0) is 42.0 Å². The lowest BCUT2D eigenvalue weighted by Gasteiger charge is -2.18. The van der Waals surface area contributed by atoms with Crippen LogP contribution in [0.15, 0.2) is 35.7 Å². The summed E-state index contributed by atoms with van der Waals surface area (Å²) in [5.41, 5.74) is 2.20. The van der Waals surface area contributed by atoms with Crippen LogP contribution in [0.5, 0.6) is 5.75 Å². The molecule has 21 heavy (non-hydrogen) atoms. The van der Waals surface area contributed by atoms with Gasteiger partial charge in [0.15, 0.2) is 0 Å². The van der Waals surface area contributed by atoms with Gasteiger partial charge in [0.1, 0.15) is 5.75 Å². The highest BCUT2D eigenvalue weighted by molar-refractivity contribution is 7.10. The maximum absolute atomic E-state index is 12.1. The summed E-state index contributed by atoms with van der Waals surface area (Å²) in [5, 5.41) is 5.11. The molecule has 0 saturated carbocycles. The molecule has 2 rings (SSSR count). The number of methoxy groups -OCH3 is 1. The van der Waals surface area contributed by atoms with Crippen molar-refractivity contribution in [3.63, 3.8) is 0 Å². The Hall–Kier alpha value is -1.81. The predicted molar refractivity (Wildman–Crippen MR) is 86.9 cm³/mol. The lowest BCUT2D eigenvalue weighted by molar-refractivity contribution is -0.121. The fraction of sp³-hybridized carbons (Fsp3) is 0.353. The second-order valence-electron chi connectivity index (χ2n) is 5.01. The first-order chi connectivity index (χ1) is 10.1. The van der Waals surface area contributed by atoms with Crippen molar-refractivity contribution in [1.29, 1.82) is 0 Å². The van der Waals surface area contributed by atoms with E-state index in [4.69, 9.17) is 4.74 Å². The van der Waals surface area contributed by atoms with E-state index < -0.39 is 0 Å².